The van der Waals surface area contributed by atoms with Crippen LogP contribution in [0, 0.1) is 0 Å². The summed E-state index contributed by atoms with van der Waals surface area (Å²) in [7, 11) is 0. The number of carbonyl (C=O) groups is 2. The van der Waals surface area contributed by atoms with Gasteiger partial charge in [-0.3, -0.25) is 9.59 Å². The lowest BCUT2D eigenvalue weighted by atomic mass is 9.95. The first-order chi connectivity index (χ1) is 17.9. The van der Waals surface area contributed by atoms with Crippen LogP contribution < -0.4 is 9.47 Å². The number of nitrogens with zero attached hydrogens (tertiary/aromatic N) is 2. The predicted molar refractivity (Wildman–Crippen MR) is 146 cm³/mol. The van der Waals surface area contributed by atoms with E-state index in [2.05, 4.69) is 18.7 Å². The molecule has 1 unspecified atom stereocenters. The zero-order chi connectivity index (χ0) is 26.8. The number of aliphatic hydroxyl groups is 1. The first kappa shape index (κ1) is 28.0. The van der Waals surface area contributed by atoms with E-state index in [0.29, 0.717) is 43.4 Å². The minimum atomic E-state index is -0.740. The summed E-state index contributed by atoms with van der Waals surface area (Å²) in [6, 6.07) is 14.1. The molecule has 0 radical (unpaired) electrons. The molecule has 1 atom stereocenters. The average molecular weight is 507 g/mol. The van der Waals surface area contributed by atoms with Gasteiger partial charge in [-0.15, -0.1) is 0 Å². The van der Waals surface area contributed by atoms with E-state index in [-0.39, 0.29) is 5.57 Å². The van der Waals surface area contributed by atoms with Crippen molar-refractivity contribution in [1.29, 1.82) is 0 Å². The third kappa shape index (κ3) is 6.80. The number of hydrogen-bond donors (Lipinski definition) is 1. The molecular weight excluding hydrogens is 468 g/mol. The minimum absolute atomic E-state index is 0.0707. The molecule has 0 fully saturated rings. The Morgan fingerprint density at radius 3 is 2.41 bits per heavy atom. The van der Waals surface area contributed by atoms with Crippen LogP contribution in [0.5, 0.6) is 11.5 Å². The molecule has 0 bridgehead atoms. The highest BCUT2D eigenvalue weighted by molar-refractivity contribution is 6.14. The number of benzene rings is 2. The molecule has 1 aliphatic heterocycles. The van der Waals surface area contributed by atoms with Crippen molar-refractivity contribution in [2.75, 3.05) is 39.4 Å². The highest BCUT2D eigenvalue weighted by Gasteiger charge is 2.43. The van der Waals surface area contributed by atoms with Crippen molar-refractivity contribution in [1.82, 2.24) is 9.80 Å². The summed E-state index contributed by atoms with van der Waals surface area (Å²) < 4.78 is 11.7. The molecule has 0 saturated carbocycles. The Bertz CT molecular complexity index is 1120. The maximum absolute atomic E-state index is 13.4. The van der Waals surface area contributed by atoms with Crippen molar-refractivity contribution in [2.45, 2.75) is 40.2 Å². The number of likely N-dealkylation sites (N-methyl/N-ethyl adjacent to an activating group) is 1. The van der Waals surface area contributed by atoms with Crippen LogP contribution in [0.2, 0.25) is 0 Å². The number of rotatable bonds is 14. The Morgan fingerprint density at radius 1 is 1.03 bits per heavy atom. The van der Waals surface area contributed by atoms with E-state index in [4.69, 9.17) is 9.47 Å². The largest absolute Gasteiger partial charge is 0.503 e. The van der Waals surface area contributed by atoms with Crippen LogP contribution in [0.4, 0.5) is 0 Å². The fourth-order valence-electron chi connectivity index (χ4n) is 4.39. The Labute approximate surface area is 220 Å². The lowest BCUT2D eigenvalue weighted by molar-refractivity contribution is -0.129. The second-order valence-electron chi connectivity index (χ2n) is 8.79. The Balaban J connectivity index is 2.02. The molecule has 1 N–H and O–H groups in total. The Hall–Kier alpha value is -3.58. The second-order valence-corrected chi connectivity index (χ2v) is 8.79. The average Bonchev–Trinajstić information content (AvgIpc) is 3.17. The number of aliphatic hydroxyl groups excluding tert-OH is 1. The van der Waals surface area contributed by atoms with Gasteiger partial charge in [-0.25, -0.2) is 0 Å². The lowest BCUT2D eigenvalue weighted by Gasteiger charge is -2.29. The standard InChI is InChI=1S/C30H38N2O5/c1-5-20-37-25-17-15-23(21-26(25)36-8-4)28-27(24(33)16-14-22-12-10-9-11-13-22)29(34)30(35)32(28)19-18-31(6-2)7-3/h9-17,21,28,34H,5-8,18-20H2,1-4H3/b16-14+. The Morgan fingerprint density at radius 2 is 1.76 bits per heavy atom. The highest BCUT2D eigenvalue weighted by atomic mass is 16.5. The van der Waals surface area contributed by atoms with E-state index in [1.807, 2.05) is 56.3 Å². The van der Waals surface area contributed by atoms with Gasteiger partial charge in [0.05, 0.1) is 24.8 Å². The van der Waals surface area contributed by atoms with E-state index >= 15 is 0 Å². The first-order valence-corrected chi connectivity index (χ1v) is 13.1. The van der Waals surface area contributed by atoms with Crippen LogP contribution >= 0.6 is 0 Å². The summed E-state index contributed by atoms with van der Waals surface area (Å²) in [6.45, 7) is 11.7. The molecule has 1 heterocycles. The fraction of sp³-hybridized carbons (Fsp3) is 0.400. The third-order valence-corrected chi connectivity index (χ3v) is 6.39. The molecule has 0 spiro atoms. The van der Waals surface area contributed by atoms with Crippen LogP contribution in [-0.4, -0.2) is 66.0 Å². The van der Waals surface area contributed by atoms with Crippen molar-refractivity contribution in [3.8, 4) is 11.5 Å². The predicted octanol–water partition coefficient (Wildman–Crippen LogP) is 5.19. The van der Waals surface area contributed by atoms with Crippen molar-refractivity contribution < 1.29 is 24.2 Å². The summed E-state index contributed by atoms with van der Waals surface area (Å²) >= 11 is 0. The first-order valence-electron chi connectivity index (χ1n) is 13.1. The molecule has 37 heavy (non-hydrogen) atoms. The third-order valence-electron chi connectivity index (χ3n) is 6.39. The Kier molecular flexibility index (Phi) is 10.3. The van der Waals surface area contributed by atoms with E-state index in [1.54, 1.807) is 17.0 Å². The van der Waals surface area contributed by atoms with Crippen molar-refractivity contribution in [2.24, 2.45) is 0 Å². The van der Waals surface area contributed by atoms with Crippen LogP contribution in [0.3, 0.4) is 0 Å². The molecule has 7 nitrogen and oxygen atoms in total. The van der Waals surface area contributed by atoms with Crippen LogP contribution in [-0.2, 0) is 9.59 Å². The van der Waals surface area contributed by atoms with Gasteiger partial charge in [-0.2, -0.15) is 0 Å². The van der Waals surface area contributed by atoms with Gasteiger partial charge in [0.25, 0.3) is 5.91 Å². The van der Waals surface area contributed by atoms with Gasteiger partial charge in [-0.05, 0) is 55.8 Å². The summed E-state index contributed by atoms with van der Waals surface area (Å²) in [5.41, 5.74) is 1.60. The zero-order valence-corrected chi connectivity index (χ0v) is 22.3. The van der Waals surface area contributed by atoms with Gasteiger partial charge in [-0.1, -0.05) is 63.2 Å². The van der Waals surface area contributed by atoms with E-state index in [9.17, 15) is 14.7 Å². The molecule has 2 aromatic carbocycles. The van der Waals surface area contributed by atoms with Gasteiger partial charge in [0.2, 0.25) is 0 Å². The molecule has 0 aliphatic carbocycles. The summed E-state index contributed by atoms with van der Waals surface area (Å²) in [5, 5.41) is 10.9. The van der Waals surface area contributed by atoms with Gasteiger partial charge >= 0.3 is 0 Å². The van der Waals surface area contributed by atoms with Crippen LogP contribution in [0.15, 0.2) is 65.9 Å². The van der Waals surface area contributed by atoms with Gasteiger partial charge in [0, 0.05) is 13.1 Å². The topological polar surface area (TPSA) is 79.3 Å². The summed E-state index contributed by atoms with van der Waals surface area (Å²) in [6.07, 6.45) is 3.96. The smallest absolute Gasteiger partial charge is 0.290 e. The summed E-state index contributed by atoms with van der Waals surface area (Å²) in [4.78, 5) is 30.5. The zero-order valence-electron chi connectivity index (χ0n) is 22.3. The number of hydrogen-bond acceptors (Lipinski definition) is 6. The number of allylic oxidation sites excluding steroid dienone is 1. The molecule has 3 rings (SSSR count). The monoisotopic (exact) mass is 506 g/mol. The van der Waals surface area contributed by atoms with Gasteiger partial charge in [0.15, 0.2) is 23.0 Å². The number of carbonyl (C=O) groups excluding carboxylic acids is 2. The van der Waals surface area contributed by atoms with Crippen molar-refractivity contribution in [3.63, 3.8) is 0 Å². The normalized spacial score (nSPS) is 15.8. The van der Waals surface area contributed by atoms with E-state index < -0.39 is 23.5 Å². The van der Waals surface area contributed by atoms with Crippen molar-refractivity contribution in [3.05, 3.63) is 77.1 Å². The van der Waals surface area contributed by atoms with Gasteiger partial charge in [0.1, 0.15) is 0 Å². The molecule has 198 valence electrons. The maximum Gasteiger partial charge on any atom is 0.290 e. The van der Waals surface area contributed by atoms with Crippen molar-refractivity contribution >= 4 is 17.8 Å². The molecule has 1 amide bonds. The fourth-order valence-corrected chi connectivity index (χ4v) is 4.39. The molecule has 0 aromatic heterocycles. The highest BCUT2D eigenvalue weighted by Crippen LogP contribution is 2.41. The van der Waals surface area contributed by atoms with E-state index in [0.717, 1.165) is 25.1 Å². The quantitative estimate of drug-likeness (QED) is 0.355. The maximum atomic E-state index is 13.4. The summed E-state index contributed by atoms with van der Waals surface area (Å²) in [5.74, 6) is -0.303. The molecule has 1 aliphatic rings. The molecule has 2 aromatic rings. The molecule has 7 heteroatoms. The number of ether oxygens (including phenoxy) is 2. The minimum Gasteiger partial charge on any atom is -0.503 e. The molecule has 0 saturated heterocycles. The van der Waals surface area contributed by atoms with Crippen LogP contribution in [0.1, 0.15) is 51.3 Å². The second kappa shape index (κ2) is 13.7. The molecular formula is C30H38N2O5. The lowest BCUT2D eigenvalue weighted by Crippen LogP contribution is -2.38. The van der Waals surface area contributed by atoms with Gasteiger partial charge < -0.3 is 24.4 Å². The van der Waals surface area contributed by atoms with Crippen LogP contribution in [0.25, 0.3) is 6.08 Å². The number of amides is 1. The SMILES string of the molecule is CCCOc1ccc(C2C(C(=O)/C=C/c3ccccc3)=C(O)C(=O)N2CCN(CC)CC)cc1OCC. The number of ketones is 1. The van der Waals surface area contributed by atoms with E-state index in [1.165, 1.54) is 6.08 Å².